The predicted octanol–water partition coefficient (Wildman–Crippen LogP) is 4.71. The zero-order chi connectivity index (χ0) is 25.8. The van der Waals surface area contributed by atoms with Crippen LogP contribution in [-0.4, -0.2) is 49.3 Å². The van der Waals surface area contributed by atoms with E-state index in [1.807, 2.05) is 54.6 Å². The molecule has 38 heavy (non-hydrogen) atoms. The number of H-pyrrole nitrogens is 1. The summed E-state index contributed by atoms with van der Waals surface area (Å²) >= 11 is 7.38. The summed E-state index contributed by atoms with van der Waals surface area (Å²) in [5.74, 6) is -0.388. The van der Waals surface area contributed by atoms with Crippen LogP contribution in [0.5, 0.6) is 5.88 Å². The van der Waals surface area contributed by atoms with Crippen molar-refractivity contribution in [3.05, 3.63) is 105 Å². The summed E-state index contributed by atoms with van der Waals surface area (Å²) in [5.41, 5.74) is 2.35. The largest absolute Gasteiger partial charge is 0.858 e. The number of anilines is 1. The molecule has 2 atom stereocenters. The number of aromatic amines is 1. The highest BCUT2D eigenvalue weighted by atomic mass is 35.5. The second-order valence-corrected chi connectivity index (χ2v) is 10.2. The quantitative estimate of drug-likeness (QED) is 0.324. The standard InChI is InChI=1S/C28H28ClN3O4S.H3N/c1-35-18-22-17-31(14-15-36-22)21-11-7-10-20(16-21)25(19-8-3-2-4-9-19)32-28(34)26(27(33)30-32)37-24-13-6-5-12-23(24)29;/h2-13,16,22,25,34H,14-15,17-18H2,1H3,(H,30,33);1H3/p-1. The van der Waals surface area contributed by atoms with Crippen molar-refractivity contribution in [2.45, 2.75) is 21.9 Å². The Morgan fingerprint density at radius 1 is 1.11 bits per heavy atom. The molecule has 3 aromatic carbocycles. The molecule has 0 bridgehead atoms. The van der Waals surface area contributed by atoms with Crippen LogP contribution in [-0.2, 0) is 9.47 Å². The first-order valence-corrected chi connectivity index (χ1v) is 13.2. The highest BCUT2D eigenvalue weighted by molar-refractivity contribution is 7.99. The molecule has 2 heterocycles. The van der Waals surface area contributed by atoms with E-state index < -0.39 is 11.6 Å². The van der Waals surface area contributed by atoms with Gasteiger partial charge in [0, 0.05) is 36.7 Å². The number of methoxy groups -OCH3 is 1. The average Bonchev–Trinajstić information content (AvgIpc) is 3.19. The van der Waals surface area contributed by atoms with Gasteiger partial charge < -0.3 is 25.6 Å². The van der Waals surface area contributed by atoms with E-state index in [9.17, 15) is 9.90 Å². The van der Waals surface area contributed by atoms with Gasteiger partial charge in [-0.05, 0) is 35.4 Å². The zero-order valence-electron chi connectivity index (χ0n) is 21.0. The Labute approximate surface area is 230 Å². The van der Waals surface area contributed by atoms with E-state index in [1.165, 1.54) is 4.68 Å². The summed E-state index contributed by atoms with van der Waals surface area (Å²) in [5, 5.41) is 16.9. The molecule has 0 amide bonds. The maximum atomic E-state index is 13.6. The Hall–Kier alpha value is -3.21. The maximum absolute atomic E-state index is 13.6. The maximum Gasteiger partial charge on any atom is 0.277 e. The van der Waals surface area contributed by atoms with Gasteiger partial charge in [0.05, 0.1) is 35.3 Å². The summed E-state index contributed by atoms with van der Waals surface area (Å²) < 4.78 is 12.5. The Balaban J connectivity index is 0.00000336. The lowest BCUT2D eigenvalue weighted by atomic mass is 9.98. The lowest BCUT2D eigenvalue weighted by Crippen LogP contribution is -2.44. The van der Waals surface area contributed by atoms with E-state index in [1.54, 1.807) is 19.2 Å². The van der Waals surface area contributed by atoms with Gasteiger partial charge in [-0.3, -0.25) is 14.6 Å². The molecule has 0 spiro atoms. The van der Waals surface area contributed by atoms with Crippen LogP contribution in [0.3, 0.4) is 0 Å². The fourth-order valence-corrected chi connectivity index (χ4v) is 5.69. The van der Waals surface area contributed by atoms with Gasteiger partial charge in [-0.2, -0.15) is 0 Å². The number of ether oxygens (including phenoxy) is 2. The van der Waals surface area contributed by atoms with Gasteiger partial charge in [0.25, 0.3) is 5.56 Å². The van der Waals surface area contributed by atoms with Gasteiger partial charge in [-0.25, -0.2) is 0 Å². The molecule has 2 unspecified atom stereocenters. The number of nitrogens with zero attached hydrogens (tertiary/aromatic N) is 2. The number of hydrogen-bond acceptors (Lipinski definition) is 7. The minimum Gasteiger partial charge on any atom is -0.858 e. The average molecular weight is 554 g/mol. The number of halogens is 1. The molecule has 8 nitrogen and oxygen atoms in total. The first-order valence-electron chi connectivity index (χ1n) is 12.0. The number of rotatable bonds is 8. The van der Waals surface area contributed by atoms with Crippen molar-refractivity contribution < 1.29 is 14.6 Å². The molecule has 1 saturated heterocycles. The summed E-state index contributed by atoms with van der Waals surface area (Å²) in [7, 11) is 1.67. The van der Waals surface area contributed by atoms with Crippen LogP contribution in [0.4, 0.5) is 5.69 Å². The lowest BCUT2D eigenvalue weighted by Gasteiger charge is -2.35. The Morgan fingerprint density at radius 2 is 1.84 bits per heavy atom. The first kappa shape index (κ1) is 27.8. The molecular formula is C28H30ClN4O4S-. The molecule has 1 aromatic heterocycles. The highest BCUT2D eigenvalue weighted by Gasteiger charge is 2.24. The second kappa shape index (κ2) is 12.6. The summed E-state index contributed by atoms with van der Waals surface area (Å²) in [4.78, 5) is 16.0. The van der Waals surface area contributed by atoms with Crippen molar-refractivity contribution in [1.29, 1.82) is 0 Å². The monoisotopic (exact) mass is 553 g/mol. The van der Waals surface area contributed by atoms with Crippen molar-refractivity contribution in [2.24, 2.45) is 0 Å². The van der Waals surface area contributed by atoms with E-state index in [-0.39, 0.29) is 23.0 Å². The van der Waals surface area contributed by atoms with E-state index >= 15 is 0 Å². The molecule has 0 radical (unpaired) electrons. The molecule has 1 aliphatic rings. The number of aromatic nitrogens is 2. The minimum atomic E-state index is -0.516. The lowest BCUT2D eigenvalue weighted by molar-refractivity contribution is -0.284. The number of nitrogens with one attached hydrogen (secondary N) is 1. The third-order valence-corrected chi connectivity index (χ3v) is 7.89. The normalized spacial score (nSPS) is 16.2. The van der Waals surface area contributed by atoms with Crippen molar-refractivity contribution in [3.63, 3.8) is 0 Å². The fourth-order valence-electron chi connectivity index (χ4n) is 4.58. The first-order chi connectivity index (χ1) is 18.0. The van der Waals surface area contributed by atoms with Crippen molar-refractivity contribution in [3.8, 4) is 5.88 Å². The molecule has 5 rings (SSSR count). The molecule has 4 aromatic rings. The van der Waals surface area contributed by atoms with Crippen LogP contribution < -0.4 is 21.7 Å². The van der Waals surface area contributed by atoms with Gasteiger partial charge >= 0.3 is 0 Å². The predicted molar refractivity (Wildman–Crippen MR) is 149 cm³/mol. The molecule has 10 heteroatoms. The van der Waals surface area contributed by atoms with Gasteiger partial charge in [0.1, 0.15) is 0 Å². The minimum absolute atomic E-state index is 0. The van der Waals surface area contributed by atoms with Crippen LogP contribution in [0.25, 0.3) is 0 Å². The Bertz CT molecular complexity index is 1410. The fraction of sp³-hybridized carbons (Fsp3) is 0.250. The van der Waals surface area contributed by atoms with Crippen LogP contribution in [0, 0.1) is 0 Å². The van der Waals surface area contributed by atoms with E-state index in [2.05, 4.69) is 22.1 Å². The van der Waals surface area contributed by atoms with Crippen molar-refractivity contribution >= 4 is 29.1 Å². The van der Waals surface area contributed by atoms with Gasteiger partial charge in [0.15, 0.2) is 0 Å². The molecule has 1 fully saturated rings. The third kappa shape index (κ3) is 5.92. The molecule has 1 aliphatic heterocycles. The molecule has 0 saturated carbocycles. The van der Waals surface area contributed by atoms with Gasteiger partial charge in [-0.15, -0.1) is 0 Å². The number of benzene rings is 3. The molecule has 200 valence electrons. The second-order valence-electron chi connectivity index (χ2n) is 8.78. The van der Waals surface area contributed by atoms with Crippen LogP contribution in [0.15, 0.2) is 93.4 Å². The van der Waals surface area contributed by atoms with Crippen LogP contribution >= 0.6 is 23.4 Å². The van der Waals surface area contributed by atoms with Crippen LogP contribution in [0.2, 0.25) is 5.02 Å². The van der Waals surface area contributed by atoms with Gasteiger partial charge in [0.2, 0.25) is 0 Å². The SMILES string of the molecule is COCC1CN(c2cccc(C(c3ccccc3)n3[nH]c(=O)c(Sc4ccccc4Cl)c3[O-])c2)CCO1.N. The topological polar surface area (TPSA) is 118 Å². The van der Waals surface area contributed by atoms with Crippen molar-refractivity contribution in [1.82, 2.24) is 15.9 Å². The highest BCUT2D eigenvalue weighted by Crippen LogP contribution is 2.38. The van der Waals surface area contributed by atoms with Gasteiger partial charge in [-0.1, -0.05) is 78.0 Å². The van der Waals surface area contributed by atoms with Crippen molar-refractivity contribution in [2.75, 3.05) is 38.3 Å². The van der Waals surface area contributed by atoms with E-state index in [0.717, 1.165) is 35.1 Å². The molecule has 4 N–H and O–H groups in total. The third-order valence-electron chi connectivity index (χ3n) is 6.31. The summed E-state index contributed by atoms with van der Waals surface area (Å²) in [6.45, 7) is 2.60. The Morgan fingerprint density at radius 3 is 2.61 bits per heavy atom. The summed E-state index contributed by atoms with van der Waals surface area (Å²) in [6, 6.07) is 24.4. The van der Waals surface area contributed by atoms with E-state index in [4.69, 9.17) is 21.1 Å². The van der Waals surface area contributed by atoms with Crippen LogP contribution in [0.1, 0.15) is 17.2 Å². The molecular weight excluding hydrogens is 524 g/mol. The number of hydrogen-bond donors (Lipinski definition) is 2. The smallest absolute Gasteiger partial charge is 0.277 e. The zero-order valence-corrected chi connectivity index (χ0v) is 22.6. The Kier molecular flexibility index (Phi) is 9.19. The summed E-state index contributed by atoms with van der Waals surface area (Å²) in [6.07, 6.45) is -0.00855. The van der Waals surface area contributed by atoms with E-state index in [0.29, 0.717) is 29.7 Å². The molecule has 0 aliphatic carbocycles. The number of morpholine rings is 1.